The number of alkyl halides is 3. The van der Waals surface area contributed by atoms with E-state index in [1.807, 2.05) is 0 Å². The molecule has 3 rings (SSSR count). The zero-order valence-electron chi connectivity index (χ0n) is 11.3. The van der Waals surface area contributed by atoms with Crippen molar-refractivity contribution in [2.75, 3.05) is 0 Å². The molecule has 0 bridgehead atoms. The summed E-state index contributed by atoms with van der Waals surface area (Å²) in [5, 5.41) is 14.1. The van der Waals surface area contributed by atoms with Crippen molar-refractivity contribution in [2.24, 2.45) is 11.0 Å². The topological polar surface area (TPSA) is 52.9 Å². The van der Waals surface area contributed by atoms with Gasteiger partial charge in [0.25, 0.3) is 5.72 Å². The van der Waals surface area contributed by atoms with E-state index < -0.39 is 30.1 Å². The number of benzene rings is 1. The molecule has 0 spiro atoms. The number of hydrazone groups is 1. The first-order chi connectivity index (χ1) is 10.2. The lowest BCUT2D eigenvalue weighted by atomic mass is 10.0. The van der Waals surface area contributed by atoms with Gasteiger partial charge in [0.15, 0.2) is 0 Å². The number of hydrogen-bond acceptors (Lipinski definition) is 3. The highest BCUT2D eigenvalue weighted by molar-refractivity contribution is 9.10. The SMILES string of the molecule is O=C(C1CC1)N1N=C(c2ccc(Br)cc2)CC1(O)C(F)(F)F. The Hall–Kier alpha value is -1.41. The van der Waals surface area contributed by atoms with Gasteiger partial charge in [0.05, 0.1) is 12.1 Å². The molecule has 1 amide bonds. The highest BCUT2D eigenvalue weighted by atomic mass is 79.9. The molecule has 1 unspecified atom stereocenters. The van der Waals surface area contributed by atoms with Gasteiger partial charge in [-0.1, -0.05) is 28.1 Å². The number of amides is 1. The van der Waals surface area contributed by atoms with Crippen LogP contribution in [0.2, 0.25) is 0 Å². The van der Waals surface area contributed by atoms with Crippen LogP contribution in [0.25, 0.3) is 0 Å². The summed E-state index contributed by atoms with van der Waals surface area (Å²) in [7, 11) is 0. The fourth-order valence-corrected chi connectivity index (χ4v) is 2.57. The Morgan fingerprint density at radius 1 is 1.32 bits per heavy atom. The molecule has 1 aromatic rings. The lowest BCUT2D eigenvalue weighted by molar-refractivity contribution is -0.302. The van der Waals surface area contributed by atoms with E-state index >= 15 is 0 Å². The smallest absolute Gasteiger partial charge is 0.362 e. The molecule has 118 valence electrons. The third kappa shape index (κ3) is 2.54. The van der Waals surface area contributed by atoms with E-state index in [9.17, 15) is 23.1 Å². The molecule has 22 heavy (non-hydrogen) atoms. The summed E-state index contributed by atoms with van der Waals surface area (Å²) in [6, 6.07) is 6.50. The molecule has 1 N–H and O–H groups in total. The molecule has 2 aliphatic rings. The Bertz CT molecular complexity index is 640. The van der Waals surface area contributed by atoms with Crippen LogP contribution in [-0.2, 0) is 4.79 Å². The van der Waals surface area contributed by atoms with Crippen LogP contribution in [0.4, 0.5) is 13.2 Å². The number of carbonyl (C=O) groups excluding carboxylic acids is 1. The number of carbonyl (C=O) groups is 1. The maximum absolute atomic E-state index is 13.3. The Labute approximate surface area is 132 Å². The molecule has 1 atom stereocenters. The normalized spacial score (nSPS) is 25.3. The van der Waals surface area contributed by atoms with Gasteiger partial charge in [0.1, 0.15) is 0 Å². The average molecular weight is 377 g/mol. The summed E-state index contributed by atoms with van der Waals surface area (Å²) >= 11 is 3.24. The number of nitrogens with zero attached hydrogens (tertiary/aromatic N) is 2. The number of halogens is 4. The van der Waals surface area contributed by atoms with E-state index in [4.69, 9.17) is 0 Å². The van der Waals surface area contributed by atoms with E-state index in [0.29, 0.717) is 18.4 Å². The maximum Gasteiger partial charge on any atom is 0.438 e. The first-order valence-corrected chi connectivity index (χ1v) is 7.48. The average Bonchev–Trinajstić information content (AvgIpc) is 3.21. The van der Waals surface area contributed by atoms with E-state index in [0.717, 1.165) is 4.47 Å². The van der Waals surface area contributed by atoms with Gasteiger partial charge in [-0.3, -0.25) is 4.79 Å². The Balaban J connectivity index is 1.98. The van der Waals surface area contributed by atoms with E-state index in [2.05, 4.69) is 21.0 Å². The summed E-state index contributed by atoms with van der Waals surface area (Å²) in [4.78, 5) is 12.1. The minimum Gasteiger partial charge on any atom is -0.362 e. The fourth-order valence-electron chi connectivity index (χ4n) is 2.30. The van der Waals surface area contributed by atoms with Crippen LogP contribution in [0.5, 0.6) is 0 Å². The number of rotatable bonds is 2. The van der Waals surface area contributed by atoms with Gasteiger partial charge >= 0.3 is 6.18 Å². The van der Waals surface area contributed by atoms with Gasteiger partial charge in [0.2, 0.25) is 5.91 Å². The molecule has 1 aliphatic carbocycles. The molecule has 1 saturated carbocycles. The van der Waals surface area contributed by atoms with Gasteiger partial charge in [-0.05, 0) is 30.5 Å². The van der Waals surface area contributed by atoms with Crippen molar-refractivity contribution in [3.63, 3.8) is 0 Å². The molecular weight excluding hydrogens is 365 g/mol. The van der Waals surface area contributed by atoms with Gasteiger partial charge in [-0.2, -0.15) is 23.3 Å². The molecule has 1 fully saturated rings. The van der Waals surface area contributed by atoms with Crippen LogP contribution in [-0.4, -0.2) is 33.6 Å². The number of aliphatic hydroxyl groups is 1. The minimum atomic E-state index is -4.97. The summed E-state index contributed by atoms with van der Waals surface area (Å²) in [6.45, 7) is 0. The predicted octanol–water partition coefficient (Wildman–Crippen LogP) is 3.05. The standard InChI is InChI=1S/C14H12BrF3N2O2/c15-10-5-3-8(4-6-10)11-7-13(22,14(16,17)18)20(19-11)12(21)9-1-2-9/h3-6,9,22H,1-2,7H2. The van der Waals surface area contributed by atoms with Crippen LogP contribution >= 0.6 is 15.9 Å². The van der Waals surface area contributed by atoms with Gasteiger partial charge in [0, 0.05) is 10.4 Å². The summed E-state index contributed by atoms with van der Waals surface area (Å²) in [5.74, 6) is -1.24. The molecule has 4 nitrogen and oxygen atoms in total. The van der Waals surface area contributed by atoms with Crippen LogP contribution in [0.3, 0.4) is 0 Å². The van der Waals surface area contributed by atoms with Crippen molar-refractivity contribution in [3.8, 4) is 0 Å². The van der Waals surface area contributed by atoms with Crippen LogP contribution in [0.1, 0.15) is 24.8 Å². The summed E-state index contributed by atoms with van der Waals surface area (Å²) < 4.78 is 40.6. The van der Waals surface area contributed by atoms with Gasteiger partial charge in [-0.15, -0.1) is 0 Å². The lowest BCUT2D eigenvalue weighted by Gasteiger charge is -2.32. The van der Waals surface area contributed by atoms with E-state index in [1.165, 1.54) is 0 Å². The molecule has 1 aromatic carbocycles. The van der Waals surface area contributed by atoms with Gasteiger partial charge < -0.3 is 5.11 Å². The highest BCUT2D eigenvalue weighted by Crippen LogP contribution is 2.44. The van der Waals surface area contributed by atoms with Crippen molar-refractivity contribution in [1.29, 1.82) is 0 Å². The summed E-state index contributed by atoms with van der Waals surface area (Å²) in [6.07, 6.45) is -4.67. The maximum atomic E-state index is 13.3. The molecule has 8 heteroatoms. The van der Waals surface area contributed by atoms with E-state index in [1.54, 1.807) is 24.3 Å². The van der Waals surface area contributed by atoms with Crippen LogP contribution in [0, 0.1) is 5.92 Å². The van der Waals surface area contributed by atoms with Crippen molar-refractivity contribution in [3.05, 3.63) is 34.3 Å². The molecular formula is C14H12BrF3N2O2. The molecule has 1 aliphatic heterocycles. The largest absolute Gasteiger partial charge is 0.438 e. The van der Waals surface area contributed by atoms with Crippen LogP contribution in [0.15, 0.2) is 33.8 Å². The first-order valence-electron chi connectivity index (χ1n) is 6.69. The monoisotopic (exact) mass is 376 g/mol. The molecule has 0 aromatic heterocycles. The van der Waals surface area contributed by atoms with Gasteiger partial charge in [-0.25, -0.2) is 0 Å². The Morgan fingerprint density at radius 2 is 1.91 bits per heavy atom. The molecule has 0 radical (unpaired) electrons. The third-order valence-corrected chi connectivity index (χ3v) is 4.28. The second kappa shape index (κ2) is 5.06. The quantitative estimate of drug-likeness (QED) is 0.862. The van der Waals surface area contributed by atoms with Crippen LogP contribution < -0.4 is 0 Å². The fraction of sp³-hybridized carbons (Fsp3) is 0.429. The number of hydrogen-bond donors (Lipinski definition) is 1. The second-order valence-electron chi connectivity index (χ2n) is 5.47. The minimum absolute atomic E-state index is 0.0429. The molecule has 0 saturated heterocycles. The lowest BCUT2D eigenvalue weighted by Crippen LogP contribution is -2.57. The highest BCUT2D eigenvalue weighted by Gasteiger charge is 2.64. The second-order valence-corrected chi connectivity index (χ2v) is 6.38. The first kappa shape index (κ1) is 15.5. The predicted molar refractivity (Wildman–Crippen MR) is 75.9 cm³/mol. The van der Waals surface area contributed by atoms with Crippen molar-refractivity contribution in [1.82, 2.24) is 5.01 Å². The van der Waals surface area contributed by atoms with E-state index in [-0.39, 0.29) is 10.7 Å². The zero-order chi connectivity index (χ0) is 16.1. The molecule has 1 heterocycles. The Kier molecular flexibility index (Phi) is 3.56. The Morgan fingerprint density at radius 3 is 2.41 bits per heavy atom. The van der Waals surface area contributed by atoms with Crippen molar-refractivity contribution in [2.45, 2.75) is 31.2 Å². The van der Waals surface area contributed by atoms with Crippen molar-refractivity contribution < 1.29 is 23.1 Å². The third-order valence-electron chi connectivity index (χ3n) is 3.75. The summed E-state index contributed by atoms with van der Waals surface area (Å²) in [5.41, 5.74) is -2.78. The van der Waals surface area contributed by atoms with Crippen molar-refractivity contribution >= 4 is 27.5 Å². The zero-order valence-corrected chi connectivity index (χ0v) is 12.9.